The Hall–Kier alpha value is -3.00. The number of amides is 1. The van der Waals surface area contributed by atoms with Crippen molar-refractivity contribution in [2.24, 2.45) is 0 Å². The highest BCUT2D eigenvalue weighted by Gasteiger charge is 2.16. The summed E-state index contributed by atoms with van der Waals surface area (Å²) in [6.07, 6.45) is 1.57. The number of anilines is 2. The van der Waals surface area contributed by atoms with E-state index in [1.54, 1.807) is 24.4 Å². The number of hydrogen-bond donors (Lipinski definition) is 1. The number of carbonyl (C=O) groups is 1. The van der Waals surface area contributed by atoms with Gasteiger partial charge < -0.3 is 29.2 Å². The highest BCUT2D eigenvalue weighted by Crippen LogP contribution is 2.40. The number of carbonyl (C=O) groups excluding carboxylic acids is 1. The Morgan fingerprint density at radius 3 is 2.26 bits per heavy atom. The lowest BCUT2D eigenvalue weighted by molar-refractivity contribution is 0.102. The number of aromatic nitrogens is 1. The molecular weight excluding hydrogens is 350 g/mol. The van der Waals surface area contributed by atoms with Crippen LogP contribution in [0.4, 0.5) is 11.5 Å². The fourth-order valence-electron chi connectivity index (χ4n) is 2.86. The maximum absolute atomic E-state index is 12.6. The van der Waals surface area contributed by atoms with Crippen LogP contribution in [-0.2, 0) is 4.74 Å². The third kappa shape index (κ3) is 4.22. The molecule has 1 aliphatic rings. The Labute approximate surface area is 158 Å². The first-order valence-electron chi connectivity index (χ1n) is 8.56. The minimum absolute atomic E-state index is 0.273. The maximum atomic E-state index is 12.6. The smallest absolute Gasteiger partial charge is 0.257 e. The van der Waals surface area contributed by atoms with Crippen LogP contribution in [0.15, 0.2) is 30.5 Å². The van der Waals surface area contributed by atoms with Gasteiger partial charge >= 0.3 is 0 Å². The monoisotopic (exact) mass is 373 g/mol. The summed E-state index contributed by atoms with van der Waals surface area (Å²) in [6.45, 7) is 2.96. The lowest BCUT2D eigenvalue weighted by Gasteiger charge is -2.27. The summed E-state index contributed by atoms with van der Waals surface area (Å²) in [5, 5.41) is 2.83. The van der Waals surface area contributed by atoms with E-state index < -0.39 is 0 Å². The van der Waals surface area contributed by atoms with Crippen LogP contribution in [-0.4, -0.2) is 58.5 Å². The van der Waals surface area contributed by atoms with Crippen molar-refractivity contribution in [1.82, 2.24) is 4.98 Å². The van der Waals surface area contributed by atoms with E-state index in [0.29, 0.717) is 41.7 Å². The Bertz CT molecular complexity index is 763. The molecule has 0 aliphatic carbocycles. The van der Waals surface area contributed by atoms with Gasteiger partial charge in [0, 0.05) is 37.1 Å². The quantitative estimate of drug-likeness (QED) is 0.831. The number of methoxy groups -OCH3 is 3. The van der Waals surface area contributed by atoms with Crippen LogP contribution in [0.5, 0.6) is 17.2 Å². The summed E-state index contributed by atoms with van der Waals surface area (Å²) in [6, 6.07) is 6.95. The van der Waals surface area contributed by atoms with Crippen LogP contribution in [0.1, 0.15) is 10.4 Å². The highest BCUT2D eigenvalue weighted by molar-refractivity contribution is 6.04. The van der Waals surface area contributed by atoms with E-state index in [1.165, 1.54) is 21.3 Å². The van der Waals surface area contributed by atoms with Gasteiger partial charge in [-0.05, 0) is 12.1 Å². The second kappa shape index (κ2) is 8.59. The molecule has 0 unspecified atom stereocenters. The summed E-state index contributed by atoms with van der Waals surface area (Å²) in [5.74, 6) is 1.96. The van der Waals surface area contributed by atoms with E-state index in [9.17, 15) is 4.79 Å². The van der Waals surface area contributed by atoms with Gasteiger partial charge in [-0.1, -0.05) is 0 Å². The van der Waals surface area contributed by atoms with Crippen molar-refractivity contribution < 1.29 is 23.7 Å². The molecule has 2 aromatic rings. The summed E-state index contributed by atoms with van der Waals surface area (Å²) in [7, 11) is 4.58. The van der Waals surface area contributed by atoms with Gasteiger partial charge in [-0.3, -0.25) is 4.79 Å². The highest BCUT2D eigenvalue weighted by atomic mass is 16.5. The standard InChI is InChI=1S/C19H23N3O5/c1-24-15-10-14(11-16(25-2)18(15)26-3)21-19(23)13-4-5-17(20-12-13)22-6-8-27-9-7-22/h4-5,10-12H,6-9H2,1-3H3,(H,21,23). The van der Waals surface area contributed by atoms with Crippen LogP contribution in [0.25, 0.3) is 0 Å². The number of nitrogens with zero attached hydrogens (tertiary/aromatic N) is 2. The minimum Gasteiger partial charge on any atom is -0.493 e. The van der Waals surface area contributed by atoms with Gasteiger partial charge in [-0.25, -0.2) is 4.98 Å². The average molecular weight is 373 g/mol. The molecule has 1 amide bonds. The van der Waals surface area contributed by atoms with Crippen molar-refractivity contribution in [3.63, 3.8) is 0 Å². The topological polar surface area (TPSA) is 82.2 Å². The molecule has 1 fully saturated rings. The van der Waals surface area contributed by atoms with Crippen molar-refractivity contribution in [3.8, 4) is 17.2 Å². The molecule has 2 heterocycles. The molecule has 3 rings (SSSR count). The fraction of sp³-hybridized carbons (Fsp3) is 0.368. The number of hydrogen-bond acceptors (Lipinski definition) is 7. The molecule has 0 bridgehead atoms. The van der Waals surface area contributed by atoms with Crippen molar-refractivity contribution in [2.45, 2.75) is 0 Å². The van der Waals surface area contributed by atoms with Crippen LogP contribution in [0, 0.1) is 0 Å². The fourth-order valence-corrected chi connectivity index (χ4v) is 2.86. The molecule has 1 saturated heterocycles. The van der Waals surface area contributed by atoms with Gasteiger partial charge in [0.05, 0.1) is 40.1 Å². The van der Waals surface area contributed by atoms with E-state index in [2.05, 4.69) is 15.2 Å². The Morgan fingerprint density at radius 2 is 1.74 bits per heavy atom. The molecule has 0 atom stereocenters. The van der Waals surface area contributed by atoms with Crippen LogP contribution in [0.2, 0.25) is 0 Å². The molecular formula is C19H23N3O5. The first-order valence-corrected chi connectivity index (χ1v) is 8.56. The second-order valence-electron chi connectivity index (χ2n) is 5.87. The normalized spacial score (nSPS) is 13.8. The average Bonchev–Trinajstić information content (AvgIpc) is 2.73. The lowest BCUT2D eigenvalue weighted by Crippen LogP contribution is -2.36. The SMILES string of the molecule is COc1cc(NC(=O)c2ccc(N3CCOCC3)nc2)cc(OC)c1OC. The molecule has 27 heavy (non-hydrogen) atoms. The molecule has 8 heteroatoms. The summed E-state index contributed by atoms with van der Waals surface area (Å²) >= 11 is 0. The van der Waals surface area contributed by atoms with E-state index in [1.807, 2.05) is 6.07 Å². The molecule has 1 N–H and O–H groups in total. The van der Waals surface area contributed by atoms with E-state index in [4.69, 9.17) is 18.9 Å². The zero-order valence-corrected chi connectivity index (χ0v) is 15.7. The van der Waals surface area contributed by atoms with Gasteiger partial charge in [0.2, 0.25) is 5.75 Å². The zero-order valence-electron chi connectivity index (χ0n) is 15.7. The molecule has 144 valence electrons. The van der Waals surface area contributed by atoms with Crippen LogP contribution < -0.4 is 24.4 Å². The minimum atomic E-state index is -0.273. The van der Waals surface area contributed by atoms with Gasteiger partial charge in [-0.15, -0.1) is 0 Å². The molecule has 1 aromatic carbocycles. The van der Waals surface area contributed by atoms with Crippen molar-refractivity contribution in [3.05, 3.63) is 36.0 Å². The number of rotatable bonds is 6. The second-order valence-corrected chi connectivity index (χ2v) is 5.87. The number of ether oxygens (including phenoxy) is 4. The van der Waals surface area contributed by atoms with Gasteiger partial charge in [0.15, 0.2) is 11.5 Å². The number of benzene rings is 1. The van der Waals surface area contributed by atoms with Gasteiger partial charge in [0.25, 0.3) is 5.91 Å². The predicted octanol–water partition coefficient (Wildman–Crippen LogP) is 2.20. The van der Waals surface area contributed by atoms with E-state index in [-0.39, 0.29) is 5.91 Å². The van der Waals surface area contributed by atoms with Crippen LogP contribution in [0.3, 0.4) is 0 Å². The Balaban J connectivity index is 1.75. The number of morpholine rings is 1. The van der Waals surface area contributed by atoms with Crippen molar-refractivity contribution in [2.75, 3.05) is 57.8 Å². The third-order valence-electron chi connectivity index (χ3n) is 4.27. The third-order valence-corrected chi connectivity index (χ3v) is 4.27. The summed E-state index contributed by atoms with van der Waals surface area (Å²) in [5.41, 5.74) is 0.993. The summed E-state index contributed by atoms with van der Waals surface area (Å²) in [4.78, 5) is 19.1. The number of pyridine rings is 1. The maximum Gasteiger partial charge on any atom is 0.257 e. The first-order chi connectivity index (χ1) is 13.2. The molecule has 0 spiro atoms. The first kappa shape index (κ1) is 18.8. The van der Waals surface area contributed by atoms with E-state index >= 15 is 0 Å². The molecule has 1 aliphatic heterocycles. The zero-order chi connectivity index (χ0) is 19.2. The van der Waals surface area contributed by atoms with Gasteiger partial charge in [-0.2, -0.15) is 0 Å². The van der Waals surface area contributed by atoms with E-state index in [0.717, 1.165) is 18.9 Å². The molecule has 0 saturated carbocycles. The number of nitrogens with one attached hydrogen (secondary N) is 1. The van der Waals surface area contributed by atoms with Crippen molar-refractivity contribution in [1.29, 1.82) is 0 Å². The largest absolute Gasteiger partial charge is 0.493 e. The molecule has 1 aromatic heterocycles. The summed E-state index contributed by atoms with van der Waals surface area (Å²) < 4.78 is 21.2. The molecule has 8 nitrogen and oxygen atoms in total. The Morgan fingerprint density at radius 1 is 1.07 bits per heavy atom. The Kier molecular flexibility index (Phi) is 5.97. The van der Waals surface area contributed by atoms with Crippen molar-refractivity contribution >= 4 is 17.4 Å². The molecule has 0 radical (unpaired) electrons. The van der Waals surface area contributed by atoms with Crippen LogP contribution >= 0.6 is 0 Å². The predicted molar refractivity (Wildman–Crippen MR) is 101 cm³/mol. The van der Waals surface area contributed by atoms with Gasteiger partial charge in [0.1, 0.15) is 5.82 Å². The lowest BCUT2D eigenvalue weighted by atomic mass is 10.2.